The molecule has 0 saturated carbocycles. The van der Waals surface area contributed by atoms with E-state index in [0.717, 1.165) is 29.9 Å². The van der Waals surface area contributed by atoms with Crippen LogP contribution in [0, 0.1) is 0 Å². The molecular weight excluding hydrogens is 473 g/mol. The molecule has 1 aromatic heterocycles. The maximum absolute atomic E-state index is 12.4. The highest BCUT2D eigenvalue weighted by Gasteiger charge is 2.28. The molecule has 0 aliphatic carbocycles. The van der Waals surface area contributed by atoms with Crippen LogP contribution in [0.2, 0.25) is 0 Å². The molecule has 4 rings (SSSR count). The number of halogens is 3. The van der Waals surface area contributed by atoms with Gasteiger partial charge in [-0.2, -0.15) is 13.2 Å². The molecule has 1 aliphatic rings. The summed E-state index contributed by atoms with van der Waals surface area (Å²) in [5.41, 5.74) is 4.77. The van der Waals surface area contributed by atoms with Crippen molar-refractivity contribution >= 4 is 23.0 Å². The number of ether oxygens (including phenoxy) is 1. The van der Waals surface area contributed by atoms with Gasteiger partial charge in [0.15, 0.2) is 6.61 Å². The number of carbonyl (C=O) groups is 1. The molecule has 1 aliphatic heterocycles. The van der Waals surface area contributed by atoms with Gasteiger partial charge in [-0.3, -0.25) is 9.88 Å². The number of benzene rings is 2. The Morgan fingerprint density at radius 3 is 2.61 bits per heavy atom. The van der Waals surface area contributed by atoms with Crippen molar-refractivity contribution in [2.45, 2.75) is 18.6 Å². The van der Waals surface area contributed by atoms with Gasteiger partial charge in [0.1, 0.15) is 5.75 Å². The number of hydrogen-bond acceptors (Lipinski definition) is 6. The molecule has 36 heavy (non-hydrogen) atoms. The molecule has 2 N–H and O–H groups in total. The van der Waals surface area contributed by atoms with Gasteiger partial charge in [-0.05, 0) is 67.1 Å². The number of aromatic nitrogens is 1. The Hall–Kier alpha value is -3.79. The number of carboxylic acid groups (broad SMARTS) is 1. The standard InChI is InChI=1S/C26H27F3N4O3/c1-32-12-10-17-13-19(33(2)18-3-6-20(7-4-18)36-16-26(27,28)29)5-8-21(17)24(32)15-31-23-14-30-11-9-22(23)25(34)35/h3-9,11,13-14,24,31H,10,12,15-16H2,1-2H3,(H,34,35)/t24-/m0/s1. The fraction of sp³-hybridized carbons (Fsp3) is 0.308. The SMILES string of the molecule is CN(c1ccc(OCC(F)(F)F)cc1)c1ccc2c(c1)CCN(C)[C@H]2CNc1cnccc1C(=O)O. The lowest BCUT2D eigenvalue weighted by Crippen LogP contribution is -2.36. The number of fused-ring (bicyclic) bond motifs is 1. The first kappa shape index (κ1) is 25.3. The van der Waals surface area contributed by atoms with Crippen LogP contribution in [0.15, 0.2) is 60.9 Å². The van der Waals surface area contributed by atoms with Crippen LogP contribution >= 0.6 is 0 Å². The number of aromatic carboxylic acids is 1. The van der Waals surface area contributed by atoms with E-state index >= 15 is 0 Å². The third-order valence-corrected chi connectivity index (χ3v) is 6.30. The zero-order chi connectivity index (χ0) is 25.9. The fourth-order valence-corrected chi connectivity index (χ4v) is 4.31. The number of rotatable bonds is 8. The zero-order valence-corrected chi connectivity index (χ0v) is 19.9. The molecule has 0 bridgehead atoms. The Bertz CT molecular complexity index is 1220. The highest BCUT2D eigenvalue weighted by atomic mass is 19.4. The number of likely N-dealkylation sites (N-methyl/N-ethyl adjacent to an activating group) is 1. The smallest absolute Gasteiger partial charge is 0.422 e. The normalized spacial score (nSPS) is 15.8. The van der Waals surface area contributed by atoms with Crippen molar-refractivity contribution < 1.29 is 27.8 Å². The molecule has 0 saturated heterocycles. The highest BCUT2D eigenvalue weighted by molar-refractivity contribution is 5.93. The Morgan fingerprint density at radius 1 is 1.19 bits per heavy atom. The molecule has 10 heteroatoms. The number of pyridine rings is 1. The van der Waals surface area contributed by atoms with Crippen LogP contribution in [0.4, 0.5) is 30.2 Å². The maximum atomic E-state index is 12.4. The molecule has 3 aromatic rings. The van der Waals surface area contributed by atoms with E-state index in [1.807, 2.05) is 25.1 Å². The van der Waals surface area contributed by atoms with Crippen LogP contribution in [0.3, 0.4) is 0 Å². The molecule has 1 atom stereocenters. The van der Waals surface area contributed by atoms with Crippen LogP contribution in [0.5, 0.6) is 5.75 Å². The average Bonchev–Trinajstić information content (AvgIpc) is 2.86. The van der Waals surface area contributed by atoms with Crippen molar-refractivity contribution in [1.82, 2.24) is 9.88 Å². The maximum Gasteiger partial charge on any atom is 0.422 e. The summed E-state index contributed by atoms with van der Waals surface area (Å²) in [6.07, 6.45) is -0.541. The molecule has 0 radical (unpaired) electrons. The first-order valence-electron chi connectivity index (χ1n) is 11.4. The summed E-state index contributed by atoms with van der Waals surface area (Å²) in [5, 5.41) is 12.7. The number of hydrogen-bond donors (Lipinski definition) is 2. The van der Waals surface area contributed by atoms with Gasteiger partial charge in [-0.1, -0.05) is 6.07 Å². The van der Waals surface area contributed by atoms with Crippen molar-refractivity contribution in [2.24, 2.45) is 0 Å². The highest BCUT2D eigenvalue weighted by Crippen LogP contribution is 2.34. The summed E-state index contributed by atoms with van der Waals surface area (Å²) in [5.74, 6) is -0.849. The van der Waals surface area contributed by atoms with Gasteiger partial charge < -0.3 is 20.1 Å². The van der Waals surface area contributed by atoms with Gasteiger partial charge in [0, 0.05) is 37.7 Å². The number of alkyl halides is 3. The molecule has 2 aromatic carbocycles. The largest absolute Gasteiger partial charge is 0.484 e. The van der Waals surface area contributed by atoms with Crippen molar-refractivity contribution in [1.29, 1.82) is 0 Å². The van der Waals surface area contributed by atoms with Gasteiger partial charge >= 0.3 is 12.1 Å². The third kappa shape index (κ3) is 5.88. The topological polar surface area (TPSA) is 77.9 Å². The summed E-state index contributed by atoms with van der Waals surface area (Å²) >= 11 is 0. The van der Waals surface area contributed by atoms with E-state index < -0.39 is 18.8 Å². The number of nitrogens with one attached hydrogen (secondary N) is 1. The van der Waals surface area contributed by atoms with Crippen LogP contribution < -0.4 is 15.0 Å². The molecular formula is C26H27F3N4O3. The Labute approximate surface area is 207 Å². The Morgan fingerprint density at radius 2 is 1.92 bits per heavy atom. The number of carboxylic acids is 1. The zero-order valence-electron chi connectivity index (χ0n) is 19.9. The van der Waals surface area contributed by atoms with Gasteiger partial charge in [0.25, 0.3) is 0 Å². The average molecular weight is 501 g/mol. The van der Waals surface area contributed by atoms with Crippen molar-refractivity contribution in [3.63, 3.8) is 0 Å². The van der Waals surface area contributed by atoms with E-state index in [1.165, 1.54) is 36.2 Å². The predicted molar refractivity (Wildman–Crippen MR) is 131 cm³/mol. The van der Waals surface area contributed by atoms with Gasteiger partial charge in [-0.25, -0.2) is 4.79 Å². The number of nitrogens with zero attached hydrogens (tertiary/aromatic N) is 3. The second-order valence-electron chi connectivity index (χ2n) is 8.69. The first-order valence-corrected chi connectivity index (χ1v) is 11.4. The molecule has 2 heterocycles. The molecule has 0 amide bonds. The van der Waals surface area contributed by atoms with E-state index in [9.17, 15) is 23.1 Å². The summed E-state index contributed by atoms with van der Waals surface area (Å²) < 4.78 is 41.9. The lowest BCUT2D eigenvalue weighted by Gasteiger charge is -2.35. The second-order valence-corrected chi connectivity index (χ2v) is 8.69. The summed E-state index contributed by atoms with van der Waals surface area (Å²) in [4.78, 5) is 19.7. The van der Waals surface area contributed by atoms with E-state index in [2.05, 4.69) is 27.3 Å². The Balaban J connectivity index is 1.48. The van der Waals surface area contributed by atoms with Crippen LogP contribution in [0.1, 0.15) is 27.5 Å². The van der Waals surface area contributed by atoms with Gasteiger partial charge in [0.2, 0.25) is 0 Å². The summed E-state index contributed by atoms with van der Waals surface area (Å²) in [7, 11) is 3.94. The van der Waals surface area contributed by atoms with E-state index in [0.29, 0.717) is 12.2 Å². The quantitative estimate of drug-likeness (QED) is 0.444. The van der Waals surface area contributed by atoms with Gasteiger partial charge in [0.05, 0.1) is 23.5 Å². The first-order chi connectivity index (χ1) is 17.1. The van der Waals surface area contributed by atoms with Gasteiger partial charge in [-0.15, -0.1) is 0 Å². The van der Waals surface area contributed by atoms with Crippen LogP contribution in [0.25, 0.3) is 0 Å². The minimum absolute atomic E-state index is 0.0417. The lowest BCUT2D eigenvalue weighted by atomic mass is 9.92. The minimum Gasteiger partial charge on any atom is -0.484 e. The molecule has 0 unspecified atom stereocenters. The van der Waals surface area contributed by atoms with Crippen LogP contribution in [-0.4, -0.2) is 60.9 Å². The van der Waals surface area contributed by atoms with E-state index in [-0.39, 0.29) is 17.4 Å². The van der Waals surface area contributed by atoms with Crippen molar-refractivity contribution in [3.8, 4) is 5.75 Å². The lowest BCUT2D eigenvalue weighted by molar-refractivity contribution is -0.153. The fourth-order valence-electron chi connectivity index (χ4n) is 4.31. The molecule has 7 nitrogen and oxygen atoms in total. The molecule has 0 fully saturated rings. The molecule has 0 spiro atoms. The Kier molecular flexibility index (Phi) is 7.35. The summed E-state index contributed by atoms with van der Waals surface area (Å²) in [6, 6.07) is 14.2. The summed E-state index contributed by atoms with van der Waals surface area (Å²) in [6.45, 7) is 0.0382. The minimum atomic E-state index is -4.38. The number of anilines is 3. The third-order valence-electron chi connectivity index (χ3n) is 6.30. The van der Waals surface area contributed by atoms with Crippen LogP contribution in [-0.2, 0) is 6.42 Å². The molecule has 190 valence electrons. The second kappa shape index (κ2) is 10.4. The van der Waals surface area contributed by atoms with Crippen molar-refractivity contribution in [2.75, 3.05) is 44.0 Å². The van der Waals surface area contributed by atoms with E-state index in [1.54, 1.807) is 12.1 Å². The predicted octanol–water partition coefficient (Wildman–Crippen LogP) is 5.13. The monoisotopic (exact) mass is 500 g/mol. The van der Waals surface area contributed by atoms with Crippen molar-refractivity contribution in [3.05, 3.63) is 77.6 Å². The van der Waals surface area contributed by atoms with E-state index in [4.69, 9.17) is 4.74 Å².